The van der Waals surface area contributed by atoms with Crippen molar-refractivity contribution >= 4 is 17.5 Å². The van der Waals surface area contributed by atoms with E-state index < -0.39 is 0 Å². The number of terminal acetylenes is 1. The molecule has 0 atom stereocenters. The SMILES string of the molecule is C#C.C=C.CN.Cc1ccc(Nc2ncc(C)c(NC3CCC(NCCN4CCCC4)CC3)n2)cc1. The number of nitrogens with one attached hydrogen (secondary N) is 3. The minimum Gasteiger partial charge on any atom is -0.367 e. The van der Waals surface area contributed by atoms with Crippen molar-refractivity contribution in [1.82, 2.24) is 20.2 Å². The van der Waals surface area contributed by atoms with Crippen molar-refractivity contribution in [3.63, 3.8) is 0 Å². The van der Waals surface area contributed by atoms with E-state index in [4.69, 9.17) is 4.98 Å². The van der Waals surface area contributed by atoms with Crippen molar-refractivity contribution in [2.24, 2.45) is 5.73 Å². The first-order valence-electron chi connectivity index (χ1n) is 13.0. The van der Waals surface area contributed by atoms with Crippen LogP contribution in [-0.4, -0.2) is 60.2 Å². The van der Waals surface area contributed by atoms with Crippen molar-refractivity contribution in [3.8, 4) is 12.8 Å². The van der Waals surface area contributed by atoms with E-state index in [9.17, 15) is 0 Å². The minimum absolute atomic E-state index is 0.488. The van der Waals surface area contributed by atoms with Crippen LogP contribution >= 0.6 is 0 Å². The number of likely N-dealkylation sites (tertiary alicyclic amines) is 1. The highest BCUT2D eigenvalue weighted by atomic mass is 15.2. The number of anilines is 3. The Balaban J connectivity index is 0.00000101. The first-order chi connectivity index (χ1) is 17.7. The standard InChI is InChI=1S/C24H36N6.C2H4.C2H2.CH5N/c1-18-5-7-22(8-6-18)28-24-26-17-19(2)23(29-24)27-21-11-9-20(10-12-21)25-13-16-30-14-3-4-15-30;3*1-2/h5-8,17,20-21,25H,3-4,9-16H2,1-2H3,(H2,26,27,28,29);1-2H2;1-2H;2H2,1H3. The number of nitrogens with two attached hydrogens (primary N) is 1. The van der Waals surface area contributed by atoms with E-state index in [1.54, 1.807) is 0 Å². The summed E-state index contributed by atoms with van der Waals surface area (Å²) >= 11 is 0. The van der Waals surface area contributed by atoms with Crippen LogP contribution in [0.4, 0.5) is 17.5 Å². The van der Waals surface area contributed by atoms with Crippen LogP contribution in [-0.2, 0) is 0 Å². The highest BCUT2D eigenvalue weighted by molar-refractivity contribution is 5.56. The molecule has 0 unspecified atom stereocenters. The average Bonchev–Trinajstić information content (AvgIpc) is 3.45. The zero-order valence-corrected chi connectivity index (χ0v) is 22.6. The molecule has 36 heavy (non-hydrogen) atoms. The fourth-order valence-electron chi connectivity index (χ4n) is 4.48. The van der Waals surface area contributed by atoms with E-state index >= 15 is 0 Å². The summed E-state index contributed by atoms with van der Waals surface area (Å²) in [6, 6.07) is 9.45. The molecule has 1 saturated heterocycles. The van der Waals surface area contributed by atoms with Gasteiger partial charge in [0.1, 0.15) is 5.82 Å². The smallest absolute Gasteiger partial charge is 0.229 e. The van der Waals surface area contributed by atoms with Crippen LogP contribution in [0.5, 0.6) is 0 Å². The van der Waals surface area contributed by atoms with Gasteiger partial charge in [0.25, 0.3) is 0 Å². The highest BCUT2D eigenvalue weighted by Gasteiger charge is 2.22. The van der Waals surface area contributed by atoms with E-state index in [1.807, 2.05) is 6.20 Å². The number of benzene rings is 1. The molecule has 2 aliphatic rings. The molecule has 1 aliphatic heterocycles. The Morgan fingerprint density at radius 2 is 1.56 bits per heavy atom. The van der Waals surface area contributed by atoms with Gasteiger partial charge in [-0.25, -0.2) is 4.98 Å². The fraction of sp³-hybridized carbons (Fsp3) is 0.517. The molecule has 1 saturated carbocycles. The molecular formula is C29H47N7. The Kier molecular flexibility index (Phi) is 15.9. The van der Waals surface area contributed by atoms with Gasteiger partial charge in [-0.2, -0.15) is 4.98 Å². The molecule has 0 radical (unpaired) electrons. The first kappa shape index (κ1) is 31.1. The molecule has 2 aromatic rings. The lowest BCUT2D eigenvalue weighted by atomic mass is 9.91. The molecule has 7 heteroatoms. The van der Waals surface area contributed by atoms with Crippen LogP contribution in [0.25, 0.3) is 0 Å². The van der Waals surface area contributed by atoms with Gasteiger partial charge in [0.15, 0.2) is 0 Å². The predicted octanol–water partition coefficient (Wildman–Crippen LogP) is 4.87. The van der Waals surface area contributed by atoms with Gasteiger partial charge in [0.2, 0.25) is 5.95 Å². The normalized spacial score (nSPS) is 18.8. The lowest BCUT2D eigenvalue weighted by Gasteiger charge is -2.31. The summed E-state index contributed by atoms with van der Waals surface area (Å²) in [5.41, 5.74) is 7.85. The van der Waals surface area contributed by atoms with Crippen LogP contribution in [0.1, 0.15) is 49.7 Å². The third kappa shape index (κ3) is 10.8. The zero-order chi connectivity index (χ0) is 26.8. The van der Waals surface area contributed by atoms with E-state index in [0.29, 0.717) is 18.0 Å². The van der Waals surface area contributed by atoms with E-state index in [1.165, 1.54) is 70.8 Å². The minimum atomic E-state index is 0.488. The molecule has 5 N–H and O–H groups in total. The van der Waals surface area contributed by atoms with Gasteiger partial charge in [-0.1, -0.05) is 17.7 Å². The summed E-state index contributed by atoms with van der Waals surface area (Å²) < 4.78 is 0. The lowest BCUT2D eigenvalue weighted by molar-refractivity contribution is 0.303. The van der Waals surface area contributed by atoms with E-state index in [2.05, 4.69) is 95.7 Å². The molecule has 0 spiro atoms. The average molecular weight is 494 g/mol. The molecule has 0 bridgehead atoms. The maximum Gasteiger partial charge on any atom is 0.229 e. The second kappa shape index (κ2) is 18.4. The molecule has 4 rings (SSSR count). The zero-order valence-electron chi connectivity index (χ0n) is 22.6. The van der Waals surface area contributed by atoms with Crippen LogP contribution in [0, 0.1) is 26.7 Å². The van der Waals surface area contributed by atoms with Crippen molar-refractivity contribution in [3.05, 3.63) is 54.7 Å². The van der Waals surface area contributed by atoms with Crippen molar-refractivity contribution in [2.75, 3.05) is 43.9 Å². The Hall–Kier alpha value is -2.92. The number of hydrogen-bond donors (Lipinski definition) is 4. The van der Waals surface area contributed by atoms with Crippen molar-refractivity contribution in [2.45, 2.75) is 64.5 Å². The lowest BCUT2D eigenvalue weighted by Crippen LogP contribution is -2.40. The van der Waals surface area contributed by atoms with Crippen LogP contribution in [0.2, 0.25) is 0 Å². The third-order valence-electron chi connectivity index (χ3n) is 6.41. The second-order valence-electron chi connectivity index (χ2n) is 8.91. The van der Waals surface area contributed by atoms with Gasteiger partial charge >= 0.3 is 0 Å². The summed E-state index contributed by atoms with van der Waals surface area (Å²) in [7, 11) is 1.50. The van der Waals surface area contributed by atoms with Crippen molar-refractivity contribution in [1.29, 1.82) is 0 Å². The number of aryl methyl sites for hydroxylation is 2. The summed E-state index contributed by atoms with van der Waals surface area (Å²) in [4.78, 5) is 11.8. The monoisotopic (exact) mass is 493 g/mol. The predicted molar refractivity (Wildman–Crippen MR) is 156 cm³/mol. The fourth-order valence-corrected chi connectivity index (χ4v) is 4.48. The Morgan fingerprint density at radius 1 is 0.972 bits per heavy atom. The van der Waals surface area contributed by atoms with Gasteiger partial charge in [0, 0.05) is 42.6 Å². The quantitative estimate of drug-likeness (QED) is 0.308. The van der Waals surface area contributed by atoms with E-state index in [-0.39, 0.29) is 0 Å². The molecule has 7 nitrogen and oxygen atoms in total. The summed E-state index contributed by atoms with van der Waals surface area (Å²) in [6.45, 7) is 15.1. The molecule has 1 aromatic heterocycles. The second-order valence-corrected chi connectivity index (χ2v) is 8.91. The highest BCUT2D eigenvalue weighted by Crippen LogP contribution is 2.24. The maximum atomic E-state index is 4.74. The largest absolute Gasteiger partial charge is 0.367 e. The summed E-state index contributed by atoms with van der Waals surface area (Å²) in [5.74, 6) is 1.59. The Bertz CT molecular complexity index is 852. The van der Waals surface area contributed by atoms with Crippen LogP contribution in [0.15, 0.2) is 43.6 Å². The Morgan fingerprint density at radius 3 is 2.17 bits per heavy atom. The topological polar surface area (TPSA) is 91.1 Å². The van der Waals surface area contributed by atoms with Crippen LogP contribution in [0.3, 0.4) is 0 Å². The number of hydrogen-bond acceptors (Lipinski definition) is 7. The van der Waals surface area contributed by atoms with Crippen LogP contribution < -0.4 is 21.7 Å². The number of nitrogens with zero attached hydrogens (tertiary/aromatic N) is 3. The molecule has 1 aromatic carbocycles. The van der Waals surface area contributed by atoms with Gasteiger partial charge in [0.05, 0.1) is 0 Å². The maximum absolute atomic E-state index is 4.74. The third-order valence-corrected chi connectivity index (χ3v) is 6.41. The molecule has 2 heterocycles. The molecular weight excluding hydrogens is 446 g/mol. The van der Waals surface area contributed by atoms with Gasteiger partial charge in [-0.15, -0.1) is 26.0 Å². The molecule has 1 aliphatic carbocycles. The van der Waals surface area contributed by atoms with Gasteiger partial charge < -0.3 is 26.6 Å². The number of rotatable bonds is 8. The van der Waals surface area contributed by atoms with E-state index in [0.717, 1.165) is 23.6 Å². The summed E-state index contributed by atoms with van der Waals surface area (Å²) in [5, 5.41) is 10.8. The first-order valence-corrected chi connectivity index (χ1v) is 13.0. The van der Waals surface area contributed by atoms with Gasteiger partial charge in [-0.05, 0) is 84.6 Å². The molecule has 198 valence electrons. The molecule has 2 fully saturated rings. The number of aromatic nitrogens is 2. The van der Waals surface area contributed by atoms with Gasteiger partial charge in [-0.3, -0.25) is 0 Å². The van der Waals surface area contributed by atoms with Crippen molar-refractivity contribution < 1.29 is 0 Å². The molecule has 0 amide bonds. The summed E-state index contributed by atoms with van der Waals surface area (Å²) in [6.07, 6.45) is 17.5. The Labute approximate surface area is 219 Å².